The van der Waals surface area contributed by atoms with E-state index in [1.54, 1.807) is 31.2 Å². The molecule has 0 aliphatic heterocycles. The van der Waals surface area contributed by atoms with E-state index < -0.39 is 15.1 Å². The summed E-state index contributed by atoms with van der Waals surface area (Å²) in [5.41, 5.74) is 6.39. The van der Waals surface area contributed by atoms with E-state index in [1.807, 2.05) is 66.4 Å². The highest BCUT2D eigenvalue weighted by Gasteiger charge is 2.28. The number of aromatic nitrogens is 2. The molecule has 0 aliphatic rings. The number of aryl methyl sites for hydroxylation is 1. The van der Waals surface area contributed by atoms with E-state index in [1.165, 1.54) is 7.11 Å². The van der Waals surface area contributed by atoms with Crippen LogP contribution >= 0.6 is 0 Å². The maximum Gasteiger partial charge on any atom is 0.182 e. The summed E-state index contributed by atoms with van der Waals surface area (Å²) in [6.45, 7) is 3.82. The van der Waals surface area contributed by atoms with E-state index in [0.29, 0.717) is 11.5 Å². The Morgan fingerprint density at radius 2 is 1.57 bits per heavy atom. The van der Waals surface area contributed by atoms with Crippen LogP contribution in [0.4, 0.5) is 17.2 Å². The Kier molecular flexibility index (Phi) is 6.78. The minimum Gasteiger partial charge on any atom is -0.324 e. The van der Waals surface area contributed by atoms with Crippen molar-refractivity contribution in [2.75, 3.05) is 24.0 Å². The highest BCUT2D eigenvalue weighted by molar-refractivity contribution is 7.92. The summed E-state index contributed by atoms with van der Waals surface area (Å²) in [7, 11) is -2.19. The van der Waals surface area contributed by atoms with Crippen molar-refractivity contribution in [2.24, 2.45) is 0 Å². The average molecular weight is 513 g/mol. The molecule has 8 heteroatoms. The molecular weight excluding hydrogens is 484 g/mol. The fraction of sp³-hybridized carbons (Fsp3) is 0.172. The van der Waals surface area contributed by atoms with Gasteiger partial charge in [-0.3, -0.25) is 10.3 Å². The molecule has 1 unspecified atom stereocenters. The first kappa shape index (κ1) is 24.7. The summed E-state index contributed by atoms with van der Waals surface area (Å²) < 4.78 is 27.3. The SMILES string of the molecule is CONc1cccc(S(=O)(=O)C(C)CN(c2ccc3ccccc3c2)c2nc3ccccc3nc2C)c1. The lowest BCUT2D eigenvalue weighted by molar-refractivity contribution is 0.271. The van der Waals surface area contributed by atoms with Gasteiger partial charge in [-0.1, -0.05) is 48.5 Å². The predicted octanol–water partition coefficient (Wildman–Crippen LogP) is 6.07. The van der Waals surface area contributed by atoms with Crippen molar-refractivity contribution in [3.05, 3.63) is 96.7 Å². The number of hydrogen-bond donors (Lipinski definition) is 1. The third-order valence-corrected chi connectivity index (χ3v) is 8.49. The molecule has 1 aromatic heterocycles. The molecule has 5 aromatic rings. The molecule has 7 nitrogen and oxygen atoms in total. The fourth-order valence-corrected chi connectivity index (χ4v) is 5.80. The molecular formula is C29H28N4O3S. The Labute approximate surface area is 216 Å². The standard InChI is InChI=1S/C29H28N4O3S/c1-20(37(34,35)26-12-8-11-24(18-26)32-36-3)19-33(25-16-15-22-9-4-5-10-23(22)17-25)29-21(2)30-27-13-6-7-14-28(27)31-29/h4-18,20,32H,19H2,1-3H3. The molecule has 1 atom stereocenters. The number of hydrogen-bond acceptors (Lipinski definition) is 7. The van der Waals surface area contributed by atoms with Crippen LogP contribution in [0.3, 0.4) is 0 Å². The minimum absolute atomic E-state index is 0.191. The molecule has 0 amide bonds. The molecule has 1 N–H and O–H groups in total. The number of nitrogens with one attached hydrogen (secondary N) is 1. The molecule has 37 heavy (non-hydrogen) atoms. The lowest BCUT2D eigenvalue weighted by Crippen LogP contribution is -2.33. The van der Waals surface area contributed by atoms with Crippen molar-refractivity contribution < 1.29 is 13.3 Å². The molecule has 0 aliphatic carbocycles. The highest BCUT2D eigenvalue weighted by Crippen LogP contribution is 2.32. The van der Waals surface area contributed by atoms with Gasteiger partial charge in [-0.05, 0) is 67.1 Å². The lowest BCUT2D eigenvalue weighted by atomic mass is 10.1. The fourth-order valence-electron chi connectivity index (χ4n) is 4.44. The quantitative estimate of drug-likeness (QED) is 0.253. The maximum absolute atomic E-state index is 13.7. The van der Waals surface area contributed by atoms with Crippen LogP contribution in [0.5, 0.6) is 0 Å². The van der Waals surface area contributed by atoms with Gasteiger partial charge in [-0.2, -0.15) is 0 Å². The van der Waals surface area contributed by atoms with E-state index in [-0.39, 0.29) is 11.4 Å². The smallest absolute Gasteiger partial charge is 0.182 e. The van der Waals surface area contributed by atoms with Gasteiger partial charge < -0.3 is 4.90 Å². The van der Waals surface area contributed by atoms with Crippen LogP contribution < -0.4 is 10.4 Å². The maximum atomic E-state index is 13.7. The topological polar surface area (TPSA) is 84.4 Å². The van der Waals surface area contributed by atoms with Crippen LogP contribution in [0.1, 0.15) is 12.6 Å². The van der Waals surface area contributed by atoms with Gasteiger partial charge in [0.25, 0.3) is 0 Å². The zero-order valence-corrected chi connectivity index (χ0v) is 21.7. The summed E-state index contributed by atoms with van der Waals surface area (Å²) in [4.78, 5) is 16.8. The summed E-state index contributed by atoms with van der Waals surface area (Å²) in [6.07, 6.45) is 0. The Hall–Kier alpha value is -4.01. The Morgan fingerprint density at radius 3 is 2.32 bits per heavy atom. The molecule has 0 spiro atoms. The summed E-state index contributed by atoms with van der Waals surface area (Å²) in [5.74, 6) is 0.630. The Bertz CT molecular complexity index is 1690. The predicted molar refractivity (Wildman–Crippen MR) is 149 cm³/mol. The van der Waals surface area contributed by atoms with Gasteiger partial charge in [-0.25, -0.2) is 18.4 Å². The number of anilines is 3. The second-order valence-corrected chi connectivity index (χ2v) is 11.3. The van der Waals surface area contributed by atoms with Gasteiger partial charge >= 0.3 is 0 Å². The Balaban J connectivity index is 1.59. The largest absolute Gasteiger partial charge is 0.324 e. The van der Waals surface area contributed by atoms with Gasteiger partial charge in [0.2, 0.25) is 0 Å². The van der Waals surface area contributed by atoms with Crippen LogP contribution in [-0.4, -0.2) is 37.3 Å². The third-order valence-electron chi connectivity index (χ3n) is 6.37. The van der Waals surface area contributed by atoms with Crippen LogP contribution in [-0.2, 0) is 14.7 Å². The molecule has 0 fully saturated rings. The molecule has 0 saturated heterocycles. The average Bonchev–Trinajstić information content (AvgIpc) is 2.91. The first-order valence-corrected chi connectivity index (χ1v) is 13.5. The highest BCUT2D eigenvalue weighted by atomic mass is 32.2. The van der Waals surface area contributed by atoms with Crippen molar-refractivity contribution >= 4 is 48.8 Å². The van der Waals surface area contributed by atoms with E-state index in [0.717, 1.165) is 33.2 Å². The molecule has 0 saturated carbocycles. The van der Waals surface area contributed by atoms with E-state index >= 15 is 0 Å². The monoisotopic (exact) mass is 512 g/mol. The number of nitrogens with zero attached hydrogens (tertiary/aromatic N) is 3. The van der Waals surface area contributed by atoms with Gasteiger partial charge in [0.1, 0.15) is 0 Å². The van der Waals surface area contributed by atoms with Crippen molar-refractivity contribution in [1.82, 2.24) is 9.97 Å². The summed E-state index contributed by atoms with van der Waals surface area (Å²) >= 11 is 0. The zero-order valence-electron chi connectivity index (χ0n) is 20.9. The van der Waals surface area contributed by atoms with Crippen molar-refractivity contribution in [1.29, 1.82) is 0 Å². The zero-order chi connectivity index (χ0) is 26.0. The van der Waals surface area contributed by atoms with Gasteiger partial charge in [0.15, 0.2) is 15.7 Å². The number of fused-ring (bicyclic) bond motifs is 2. The van der Waals surface area contributed by atoms with Gasteiger partial charge in [0.05, 0.1) is 39.7 Å². The lowest BCUT2D eigenvalue weighted by Gasteiger charge is -2.28. The molecule has 5 rings (SSSR count). The third kappa shape index (κ3) is 4.98. The number of sulfone groups is 1. The second kappa shape index (κ2) is 10.2. The summed E-state index contributed by atoms with van der Waals surface area (Å²) in [5, 5.41) is 1.42. The van der Waals surface area contributed by atoms with Crippen molar-refractivity contribution in [3.8, 4) is 0 Å². The van der Waals surface area contributed by atoms with E-state index in [4.69, 9.17) is 14.8 Å². The first-order chi connectivity index (χ1) is 17.9. The first-order valence-electron chi connectivity index (χ1n) is 12.0. The second-order valence-electron chi connectivity index (χ2n) is 8.95. The van der Waals surface area contributed by atoms with Crippen molar-refractivity contribution in [3.63, 3.8) is 0 Å². The molecule has 4 aromatic carbocycles. The molecule has 188 valence electrons. The van der Waals surface area contributed by atoms with Crippen LogP contribution in [0.15, 0.2) is 95.9 Å². The Morgan fingerprint density at radius 1 is 0.865 bits per heavy atom. The number of benzene rings is 4. The minimum atomic E-state index is -3.67. The number of rotatable bonds is 8. The molecule has 0 bridgehead atoms. The summed E-state index contributed by atoms with van der Waals surface area (Å²) in [6, 6.07) is 28.5. The number of para-hydroxylation sites is 2. The van der Waals surface area contributed by atoms with E-state index in [2.05, 4.69) is 17.6 Å². The van der Waals surface area contributed by atoms with Gasteiger partial charge in [0, 0.05) is 12.2 Å². The van der Waals surface area contributed by atoms with E-state index in [9.17, 15) is 8.42 Å². The molecule has 1 heterocycles. The van der Waals surface area contributed by atoms with Crippen LogP contribution in [0.2, 0.25) is 0 Å². The normalized spacial score (nSPS) is 12.5. The van der Waals surface area contributed by atoms with Crippen molar-refractivity contribution in [2.45, 2.75) is 24.0 Å². The molecule has 0 radical (unpaired) electrons. The van der Waals surface area contributed by atoms with Gasteiger partial charge in [-0.15, -0.1) is 0 Å². The van der Waals surface area contributed by atoms with Crippen LogP contribution in [0, 0.1) is 6.92 Å². The van der Waals surface area contributed by atoms with Crippen LogP contribution in [0.25, 0.3) is 21.8 Å².